The van der Waals surface area contributed by atoms with Crippen molar-refractivity contribution in [1.82, 2.24) is 10.2 Å². The third-order valence-electron chi connectivity index (χ3n) is 6.10. The number of amides is 3. The molecule has 2 rings (SSSR count). The van der Waals surface area contributed by atoms with Gasteiger partial charge in [-0.3, -0.25) is 9.59 Å². The maximum Gasteiger partial charge on any atom is 0.408 e. The molecule has 0 fully saturated rings. The van der Waals surface area contributed by atoms with Crippen LogP contribution < -0.4 is 10.6 Å². The van der Waals surface area contributed by atoms with Gasteiger partial charge in [-0.05, 0) is 91.5 Å². The minimum absolute atomic E-state index is 0.0305. The smallest absolute Gasteiger partial charge is 0.408 e. The molecule has 2 aromatic rings. The summed E-state index contributed by atoms with van der Waals surface area (Å²) in [5.74, 6) is -0.738. The van der Waals surface area contributed by atoms with Gasteiger partial charge in [0.15, 0.2) is 0 Å². The predicted octanol–water partition coefficient (Wildman–Crippen LogP) is 6.05. The van der Waals surface area contributed by atoms with Crippen LogP contribution in [0.5, 0.6) is 0 Å². The number of carbonyl (C=O) groups excluding carboxylic acids is 3. The molecule has 208 valence electrons. The molecule has 0 saturated heterocycles. The fourth-order valence-electron chi connectivity index (χ4n) is 4.30. The molecular formula is C30H43N3O4S. The van der Waals surface area contributed by atoms with E-state index in [0.717, 1.165) is 22.3 Å². The molecule has 0 saturated carbocycles. The lowest BCUT2D eigenvalue weighted by Crippen LogP contribution is -2.58. The van der Waals surface area contributed by atoms with Crippen molar-refractivity contribution >= 4 is 36.2 Å². The van der Waals surface area contributed by atoms with Gasteiger partial charge in [-0.15, -0.1) is 0 Å². The van der Waals surface area contributed by atoms with Crippen LogP contribution in [0, 0.1) is 27.7 Å². The molecule has 2 N–H and O–H groups in total. The minimum atomic E-state index is -1.01. The van der Waals surface area contributed by atoms with Crippen molar-refractivity contribution in [1.29, 1.82) is 0 Å². The van der Waals surface area contributed by atoms with E-state index in [1.54, 1.807) is 25.7 Å². The van der Waals surface area contributed by atoms with Gasteiger partial charge >= 0.3 is 6.09 Å². The molecule has 8 heteroatoms. The van der Waals surface area contributed by atoms with Crippen LogP contribution in [0.4, 0.5) is 10.5 Å². The van der Waals surface area contributed by atoms with Crippen LogP contribution in [0.1, 0.15) is 75.4 Å². The lowest BCUT2D eigenvalue weighted by molar-refractivity contribution is -0.146. The summed E-state index contributed by atoms with van der Waals surface area (Å²) >= 11 is 4.36. The first-order valence-corrected chi connectivity index (χ1v) is 13.5. The topological polar surface area (TPSA) is 87.7 Å². The van der Waals surface area contributed by atoms with Crippen molar-refractivity contribution in [3.05, 3.63) is 64.2 Å². The quantitative estimate of drug-likeness (QED) is 0.373. The second kappa shape index (κ2) is 12.2. The van der Waals surface area contributed by atoms with Crippen LogP contribution >= 0.6 is 12.6 Å². The van der Waals surface area contributed by atoms with Gasteiger partial charge in [-0.1, -0.05) is 42.0 Å². The maximum absolute atomic E-state index is 14.2. The van der Waals surface area contributed by atoms with Crippen LogP contribution in [0.2, 0.25) is 0 Å². The van der Waals surface area contributed by atoms with Crippen LogP contribution in [-0.2, 0) is 14.3 Å². The largest absolute Gasteiger partial charge is 0.444 e. The molecule has 2 atom stereocenters. The van der Waals surface area contributed by atoms with Gasteiger partial charge in [-0.2, -0.15) is 12.6 Å². The first kappa shape index (κ1) is 31.2. The summed E-state index contributed by atoms with van der Waals surface area (Å²) in [5.41, 5.74) is 3.60. The molecule has 0 aliphatic rings. The zero-order chi connectivity index (χ0) is 29.0. The van der Waals surface area contributed by atoms with Crippen LogP contribution in [0.15, 0.2) is 36.4 Å². The molecule has 0 aliphatic heterocycles. The Bertz CT molecular complexity index is 1160. The molecule has 0 heterocycles. The van der Waals surface area contributed by atoms with Gasteiger partial charge in [0.2, 0.25) is 5.91 Å². The molecular weight excluding hydrogens is 498 g/mol. The molecule has 38 heavy (non-hydrogen) atoms. The SMILES string of the molecule is Cc1ccc(C)c(C(C(=O)Nc2c(C)cccc2C)N(C(=O)C(CS)NC(=O)OC(C)(C)C)C(C)(C)C)c1. The number of alkyl carbamates (subject to hydrolysis) is 1. The number of nitrogens with zero attached hydrogens (tertiary/aromatic N) is 1. The number of aryl methyl sites for hydroxylation is 4. The van der Waals surface area contributed by atoms with Crippen LogP contribution in [0.25, 0.3) is 0 Å². The molecule has 0 spiro atoms. The number of hydrogen-bond donors (Lipinski definition) is 3. The van der Waals surface area contributed by atoms with E-state index in [1.807, 2.05) is 84.9 Å². The Hall–Kier alpha value is -3.00. The standard InChI is InChI=1S/C30H43N3O4S/c1-18-14-15-19(2)22(16-18)25(26(34)32-24-20(3)12-11-13-21(24)4)33(29(5,6)7)27(35)23(17-38)31-28(36)37-30(8,9)10/h11-16,23,25,38H,17H2,1-10H3,(H,31,36)(H,32,34). The Labute approximate surface area is 233 Å². The molecule has 0 radical (unpaired) electrons. The Balaban J connectivity index is 2.64. The van der Waals surface area contributed by atoms with E-state index in [-0.39, 0.29) is 11.7 Å². The van der Waals surface area contributed by atoms with Gasteiger partial charge in [0, 0.05) is 17.0 Å². The normalized spacial score (nSPS) is 13.3. The number of hydrogen-bond acceptors (Lipinski definition) is 5. The van der Waals surface area contributed by atoms with E-state index in [1.165, 1.54) is 0 Å². The highest BCUT2D eigenvalue weighted by Gasteiger charge is 2.42. The van der Waals surface area contributed by atoms with E-state index in [2.05, 4.69) is 23.3 Å². The first-order valence-electron chi connectivity index (χ1n) is 12.8. The zero-order valence-corrected chi connectivity index (χ0v) is 25.2. The zero-order valence-electron chi connectivity index (χ0n) is 24.4. The molecule has 3 amide bonds. The third-order valence-corrected chi connectivity index (χ3v) is 6.46. The van der Waals surface area contributed by atoms with Crippen molar-refractivity contribution in [2.75, 3.05) is 11.1 Å². The van der Waals surface area contributed by atoms with E-state index in [4.69, 9.17) is 4.74 Å². The van der Waals surface area contributed by atoms with Crippen LogP contribution in [-0.4, -0.2) is 45.7 Å². The molecule has 2 unspecified atom stereocenters. The summed E-state index contributed by atoms with van der Waals surface area (Å²) in [7, 11) is 0. The van der Waals surface area contributed by atoms with Gasteiger partial charge in [0.1, 0.15) is 17.7 Å². The summed E-state index contributed by atoms with van der Waals surface area (Å²) in [6, 6.07) is 9.69. The first-order chi connectivity index (χ1) is 17.5. The van der Waals surface area contributed by atoms with E-state index < -0.39 is 35.2 Å². The third kappa shape index (κ3) is 8.00. The Kier molecular flexibility index (Phi) is 10.1. The molecule has 0 bridgehead atoms. The number of carbonyl (C=O) groups is 3. The fraction of sp³-hybridized carbons (Fsp3) is 0.500. The lowest BCUT2D eigenvalue weighted by atomic mass is 9.92. The van der Waals surface area contributed by atoms with Crippen molar-refractivity contribution < 1.29 is 19.1 Å². The molecule has 0 aromatic heterocycles. The average molecular weight is 542 g/mol. The summed E-state index contributed by atoms with van der Waals surface area (Å²) in [6.45, 7) is 18.6. The highest BCUT2D eigenvalue weighted by molar-refractivity contribution is 7.80. The van der Waals surface area contributed by atoms with Crippen molar-refractivity contribution in [2.45, 2.75) is 92.5 Å². The second-order valence-electron chi connectivity index (χ2n) is 11.8. The highest BCUT2D eigenvalue weighted by atomic mass is 32.1. The van der Waals surface area contributed by atoms with Gasteiger partial charge in [0.05, 0.1) is 0 Å². The number of para-hydroxylation sites is 1. The summed E-state index contributed by atoms with van der Waals surface area (Å²) in [5, 5.41) is 5.75. The summed E-state index contributed by atoms with van der Waals surface area (Å²) < 4.78 is 5.38. The van der Waals surface area contributed by atoms with Gasteiger partial charge in [0.25, 0.3) is 5.91 Å². The number of anilines is 1. The maximum atomic E-state index is 14.2. The molecule has 7 nitrogen and oxygen atoms in total. The Morgan fingerprint density at radius 1 is 0.921 bits per heavy atom. The number of benzene rings is 2. The minimum Gasteiger partial charge on any atom is -0.444 e. The van der Waals surface area contributed by atoms with E-state index >= 15 is 0 Å². The summed E-state index contributed by atoms with van der Waals surface area (Å²) in [4.78, 5) is 42.4. The lowest BCUT2D eigenvalue weighted by Gasteiger charge is -2.43. The highest BCUT2D eigenvalue weighted by Crippen LogP contribution is 2.34. The monoisotopic (exact) mass is 541 g/mol. The molecule has 2 aromatic carbocycles. The van der Waals surface area contributed by atoms with E-state index in [9.17, 15) is 14.4 Å². The second-order valence-corrected chi connectivity index (χ2v) is 12.1. The van der Waals surface area contributed by atoms with Crippen LogP contribution in [0.3, 0.4) is 0 Å². The van der Waals surface area contributed by atoms with Gasteiger partial charge < -0.3 is 20.3 Å². The number of rotatable bonds is 7. The summed E-state index contributed by atoms with van der Waals surface area (Å²) in [6.07, 6.45) is -0.720. The van der Waals surface area contributed by atoms with Crippen molar-refractivity contribution in [2.24, 2.45) is 0 Å². The Morgan fingerprint density at radius 2 is 1.50 bits per heavy atom. The van der Waals surface area contributed by atoms with Crippen molar-refractivity contribution in [3.8, 4) is 0 Å². The number of thiol groups is 1. The fourth-order valence-corrected chi connectivity index (χ4v) is 4.55. The van der Waals surface area contributed by atoms with Crippen molar-refractivity contribution in [3.63, 3.8) is 0 Å². The average Bonchev–Trinajstić information content (AvgIpc) is 2.77. The van der Waals surface area contributed by atoms with E-state index in [0.29, 0.717) is 11.3 Å². The Morgan fingerprint density at radius 3 is 2.00 bits per heavy atom. The number of ether oxygens (including phenoxy) is 1. The van der Waals surface area contributed by atoms with Gasteiger partial charge in [-0.25, -0.2) is 4.79 Å². The number of nitrogens with one attached hydrogen (secondary N) is 2. The molecule has 0 aliphatic carbocycles. The predicted molar refractivity (Wildman–Crippen MR) is 157 cm³/mol.